The number of sulfonamides is 1. The van der Waals surface area contributed by atoms with E-state index in [0.717, 1.165) is 10.4 Å². The van der Waals surface area contributed by atoms with Crippen LogP contribution in [0.25, 0.3) is 0 Å². The first kappa shape index (κ1) is 27.9. The number of anilines is 1. The molecule has 0 aliphatic carbocycles. The van der Waals surface area contributed by atoms with Crippen molar-refractivity contribution in [2.75, 3.05) is 30.3 Å². The number of benzene rings is 3. The average molecular weight is 548 g/mol. The third kappa shape index (κ3) is 7.20. The van der Waals surface area contributed by atoms with Gasteiger partial charge >= 0.3 is 0 Å². The summed E-state index contributed by atoms with van der Waals surface area (Å²) in [5.74, 6) is 0.548. The lowest BCUT2D eigenvalue weighted by atomic mass is 10.2. The van der Waals surface area contributed by atoms with Crippen molar-refractivity contribution in [3.05, 3.63) is 93.8 Å². The van der Waals surface area contributed by atoms with Gasteiger partial charge in [-0.3, -0.25) is 19.2 Å². The van der Waals surface area contributed by atoms with Crippen LogP contribution in [0.5, 0.6) is 5.75 Å². The second-order valence-electron chi connectivity index (χ2n) is 7.91. The molecular weight excluding hydrogens is 521 g/mol. The lowest BCUT2D eigenvalue weighted by molar-refractivity contribution is -0.385. The Labute approximate surface area is 218 Å². The Morgan fingerprint density at radius 2 is 1.84 bits per heavy atom. The van der Waals surface area contributed by atoms with Gasteiger partial charge < -0.3 is 10.1 Å². The van der Waals surface area contributed by atoms with E-state index in [9.17, 15) is 27.7 Å². The summed E-state index contributed by atoms with van der Waals surface area (Å²) in [5, 5.41) is 14.0. The van der Waals surface area contributed by atoms with E-state index in [0.29, 0.717) is 28.4 Å². The highest BCUT2D eigenvalue weighted by atomic mass is 32.2. The van der Waals surface area contributed by atoms with Crippen molar-refractivity contribution in [2.45, 2.75) is 17.6 Å². The molecule has 0 spiro atoms. The number of methoxy groups -OCH3 is 1. The minimum absolute atomic E-state index is 0.188. The SMILES string of the molecule is COc1ccc(N(CC(=O)NCCSCc2ccccc2F)S(=O)(=O)c2ccc(C)c([N+](=O)[O-])c2)cc1. The maximum Gasteiger partial charge on any atom is 0.273 e. The predicted octanol–water partition coefficient (Wildman–Crippen LogP) is 4.30. The number of nitro groups is 1. The summed E-state index contributed by atoms with van der Waals surface area (Å²) in [6, 6.07) is 16.1. The highest BCUT2D eigenvalue weighted by Crippen LogP contribution is 2.29. The predicted molar refractivity (Wildman–Crippen MR) is 141 cm³/mol. The van der Waals surface area contributed by atoms with Crippen molar-refractivity contribution >= 4 is 39.1 Å². The number of ether oxygens (including phenoxy) is 1. The van der Waals surface area contributed by atoms with Crippen LogP contribution in [0.1, 0.15) is 11.1 Å². The first-order chi connectivity index (χ1) is 17.6. The zero-order chi connectivity index (χ0) is 27.0. The Hall–Kier alpha value is -3.64. The molecule has 0 radical (unpaired) electrons. The number of hydrogen-bond acceptors (Lipinski definition) is 7. The first-order valence-electron chi connectivity index (χ1n) is 11.1. The van der Waals surface area contributed by atoms with Crippen LogP contribution in [0.15, 0.2) is 71.6 Å². The van der Waals surface area contributed by atoms with Crippen molar-refractivity contribution < 1.29 is 27.3 Å². The molecule has 0 aliphatic heterocycles. The Kier molecular flexibility index (Phi) is 9.48. The normalized spacial score (nSPS) is 11.1. The molecule has 0 saturated heterocycles. The maximum absolute atomic E-state index is 13.7. The number of thioether (sulfide) groups is 1. The van der Waals surface area contributed by atoms with Gasteiger partial charge in [0.1, 0.15) is 18.1 Å². The van der Waals surface area contributed by atoms with Crippen LogP contribution in [0.4, 0.5) is 15.8 Å². The van der Waals surface area contributed by atoms with Gasteiger partial charge in [0.2, 0.25) is 5.91 Å². The Balaban J connectivity index is 1.75. The molecular formula is C25H26FN3O6S2. The molecule has 3 rings (SSSR count). The van der Waals surface area contributed by atoms with Crippen LogP contribution in [0.2, 0.25) is 0 Å². The number of halogens is 1. The first-order valence-corrected chi connectivity index (χ1v) is 13.7. The quantitative estimate of drug-likeness (QED) is 0.204. The molecule has 3 aromatic rings. The van der Waals surface area contributed by atoms with E-state index in [-0.39, 0.29) is 28.6 Å². The monoisotopic (exact) mass is 547 g/mol. The highest BCUT2D eigenvalue weighted by molar-refractivity contribution is 7.98. The van der Waals surface area contributed by atoms with Crippen LogP contribution in [0, 0.1) is 22.9 Å². The second-order valence-corrected chi connectivity index (χ2v) is 10.9. The molecule has 37 heavy (non-hydrogen) atoms. The van der Waals surface area contributed by atoms with Gasteiger partial charge in [-0.15, -0.1) is 0 Å². The molecule has 0 fully saturated rings. The van der Waals surface area contributed by atoms with E-state index in [1.165, 1.54) is 56.1 Å². The molecule has 0 aliphatic rings. The lowest BCUT2D eigenvalue weighted by Crippen LogP contribution is -2.41. The number of amides is 1. The summed E-state index contributed by atoms with van der Waals surface area (Å²) >= 11 is 1.43. The van der Waals surface area contributed by atoms with Crippen molar-refractivity contribution in [3.8, 4) is 5.75 Å². The van der Waals surface area contributed by atoms with Gasteiger partial charge in [0.15, 0.2) is 0 Å². The van der Waals surface area contributed by atoms with Crippen LogP contribution in [-0.2, 0) is 20.6 Å². The fourth-order valence-corrected chi connectivity index (χ4v) is 5.67. The van der Waals surface area contributed by atoms with Gasteiger partial charge in [-0.2, -0.15) is 11.8 Å². The number of carbonyl (C=O) groups is 1. The van der Waals surface area contributed by atoms with E-state index in [1.807, 2.05) is 0 Å². The summed E-state index contributed by atoms with van der Waals surface area (Å²) in [7, 11) is -2.87. The van der Waals surface area contributed by atoms with Crippen LogP contribution in [0.3, 0.4) is 0 Å². The van der Waals surface area contributed by atoms with E-state index in [4.69, 9.17) is 4.74 Å². The molecule has 0 unspecified atom stereocenters. The molecule has 0 saturated carbocycles. The van der Waals surface area contributed by atoms with Gasteiger partial charge in [0.05, 0.1) is 22.6 Å². The zero-order valence-electron chi connectivity index (χ0n) is 20.2. The molecule has 3 aromatic carbocycles. The third-order valence-corrected chi connectivity index (χ3v) is 8.17. The standard InChI is InChI=1S/C25H26FN3O6S2/c1-18-7-12-22(15-24(18)29(31)32)37(33,34)28(20-8-10-21(35-2)11-9-20)16-25(30)27-13-14-36-17-19-5-3-4-6-23(19)26/h3-12,15H,13-14,16-17H2,1-2H3,(H,27,30). The van der Waals surface area contributed by atoms with Gasteiger partial charge in [-0.1, -0.05) is 24.3 Å². The third-order valence-electron chi connectivity index (χ3n) is 5.40. The fraction of sp³-hybridized carbons (Fsp3) is 0.240. The minimum atomic E-state index is -4.34. The molecule has 0 atom stereocenters. The smallest absolute Gasteiger partial charge is 0.273 e. The Bertz CT molecular complexity index is 1370. The van der Waals surface area contributed by atoms with Crippen molar-refractivity contribution in [2.24, 2.45) is 0 Å². The van der Waals surface area contributed by atoms with Gasteiger partial charge in [-0.05, 0) is 48.9 Å². The van der Waals surface area contributed by atoms with Gasteiger partial charge in [0, 0.05) is 29.7 Å². The van der Waals surface area contributed by atoms with Crippen LogP contribution >= 0.6 is 11.8 Å². The van der Waals surface area contributed by atoms with Gasteiger partial charge in [0.25, 0.3) is 15.7 Å². The Morgan fingerprint density at radius 1 is 1.14 bits per heavy atom. The Morgan fingerprint density at radius 3 is 2.49 bits per heavy atom. The average Bonchev–Trinajstić information content (AvgIpc) is 2.88. The van der Waals surface area contributed by atoms with E-state index < -0.39 is 27.4 Å². The van der Waals surface area contributed by atoms with E-state index in [1.54, 1.807) is 30.3 Å². The number of carbonyl (C=O) groups excluding carboxylic acids is 1. The number of hydrogen-bond donors (Lipinski definition) is 1. The summed E-state index contributed by atoms with van der Waals surface area (Å²) in [6.45, 7) is 1.20. The summed E-state index contributed by atoms with van der Waals surface area (Å²) in [4.78, 5) is 23.1. The molecule has 1 N–H and O–H groups in total. The van der Waals surface area contributed by atoms with Crippen molar-refractivity contribution in [1.29, 1.82) is 0 Å². The molecule has 9 nitrogen and oxygen atoms in total. The maximum atomic E-state index is 13.7. The number of nitrogens with zero attached hydrogens (tertiary/aromatic N) is 2. The van der Waals surface area contributed by atoms with E-state index in [2.05, 4.69) is 5.32 Å². The number of rotatable bonds is 12. The summed E-state index contributed by atoms with van der Waals surface area (Å²) in [5.41, 5.74) is 0.716. The van der Waals surface area contributed by atoms with E-state index >= 15 is 0 Å². The largest absolute Gasteiger partial charge is 0.497 e. The lowest BCUT2D eigenvalue weighted by Gasteiger charge is -2.24. The molecule has 0 bridgehead atoms. The molecule has 196 valence electrons. The van der Waals surface area contributed by atoms with Crippen molar-refractivity contribution in [3.63, 3.8) is 0 Å². The second kappa shape index (κ2) is 12.5. The van der Waals surface area contributed by atoms with Crippen molar-refractivity contribution in [1.82, 2.24) is 5.32 Å². The topological polar surface area (TPSA) is 119 Å². The molecule has 0 aromatic heterocycles. The van der Waals surface area contributed by atoms with Crippen LogP contribution < -0.4 is 14.4 Å². The van der Waals surface area contributed by atoms with Crippen LogP contribution in [-0.4, -0.2) is 45.2 Å². The zero-order valence-corrected chi connectivity index (χ0v) is 21.9. The number of nitrogens with one attached hydrogen (secondary N) is 1. The minimum Gasteiger partial charge on any atom is -0.497 e. The number of aryl methyl sites for hydroxylation is 1. The summed E-state index contributed by atoms with van der Waals surface area (Å²) in [6.07, 6.45) is 0. The highest BCUT2D eigenvalue weighted by Gasteiger charge is 2.29. The van der Waals surface area contributed by atoms with Gasteiger partial charge in [-0.25, -0.2) is 12.8 Å². The molecule has 12 heteroatoms. The fourth-order valence-electron chi connectivity index (χ4n) is 3.38. The molecule has 1 amide bonds. The molecule has 0 heterocycles. The number of nitro benzene ring substituents is 1. The summed E-state index contributed by atoms with van der Waals surface area (Å²) < 4.78 is 46.8.